The van der Waals surface area contributed by atoms with Gasteiger partial charge in [-0.25, -0.2) is 24.2 Å². The standard InChI is InChI=1S/C31H24N4O9/c36-26-22-25(33-31(40)34-26)35(17-32-22)27-24(44-30(39)20-14-8-3-9-15-20)23(43-29(38)19-12-6-2-7-13-19)21(42-27)16-41-28(37)18-10-4-1-5-11-18/h1-15,17,21,23-24,27H,16H2,(H2,33,34,36,40)/t21-,23-,24-,27+/m0/s1. The Bertz CT molecular complexity index is 1920. The molecule has 0 saturated carbocycles. The highest BCUT2D eigenvalue weighted by atomic mass is 16.7. The highest BCUT2D eigenvalue weighted by Crippen LogP contribution is 2.36. The van der Waals surface area contributed by atoms with Gasteiger partial charge in [0.05, 0.1) is 23.0 Å². The molecule has 13 heteroatoms. The van der Waals surface area contributed by atoms with Crippen LogP contribution in [-0.2, 0) is 18.9 Å². The van der Waals surface area contributed by atoms with E-state index in [0.29, 0.717) is 0 Å². The number of hydrogen-bond acceptors (Lipinski definition) is 10. The number of carbonyl (C=O) groups excluding carboxylic acids is 3. The third kappa shape index (κ3) is 5.76. The van der Waals surface area contributed by atoms with E-state index in [1.807, 2.05) is 0 Å². The summed E-state index contributed by atoms with van der Waals surface area (Å²) in [5.41, 5.74) is -0.993. The number of hydrogen-bond donors (Lipinski definition) is 2. The van der Waals surface area contributed by atoms with Crippen molar-refractivity contribution in [3.8, 4) is 0 Å². The van der Waals surface area contributed by atoms with Crippen LogP contribution < -0.4 is 11.2 Å². The molecule has 4 atom stereocenters. The molecule has 1 fully saturated rings. The minimum Gasteiger partial charge on any atom is -0.459 e. The summed E-state index contributed by atoms with van der Waals surface area (Å²) in [7, 11) is 0. The minimum atomic E-state index is -1.35. The maximum absolute atomic E-state index is 13.3. The Balaban J connectivity index is 1.39. The van der Waals surface area contributed by atoms with Crippen molar-refractivity contribution < 1.29 is 33.3 Å². The lowest BCUT2D eigenvalue weighted by atomic mass is 10.1. The molecule has 0 radical (unpaired) electrons. The van der Waals surface area contributed by atoms with E-state index in [2.05, 4.69) is 15.0 Å². The summed E-state index contributed by atoms with van der Waals surface area (Å²) in [5, 5.41) is 0. The zero-order valence-electron chi connectivity index (χ0n) is 22.8. The van der Waals surface area contributed by atoms with E-state index in [0.717, 1.165) is 0 Å². The Kier molecular flexibility index (Phi) is 7.84. The van der Waals surface area contributed by atoms with Gasteiger partial charge in [0.15, 0.2) is 24.0 Å². The predicted octanol–water partition coefficient (Wildman–Crippen LogP) is 2.62. The highest BCUT2D eigenvalue weighted by molar-refractivity contribution is 5.91. The van der Waals surface area contributed by atoms with E-state index in [-0.39, 0.29) is 27.9 Å². The van der Waals surface area contributed by atoms with Crippen molar-refractivity contribution in [3.63, 3.8) is 0 Å². The van der Waals surface area contributed by atoms with Gasteiger partial charge in [0, 0.05) is 0 Å². The molecule has 13 nitrogen and oxygen atoms in total. The number of H-pyrrole nitrogens is 2. The van der Waals surface area contributed by atoms with Crippen molar-refractivity contribution in [2.45, 2.75) is 24.5 Å². The molecule has 1 aliphatic rings. The molecule has 2 aromatic heterocycles. The van der Waals surface area contributed by atoms with E-state index in [1.54, 1.807) is 91.0 Å². The number of esters is 3. The van der Waals surface area contributed by atoms with Crippen LogP contribution in [0.1, 0.15) is 37.3 Å². The van der Waals surface area contributed by atoms with Gasteiger partial charge >= 0.3 is 23.6 Å². The Labute approximate surface area is 248 Å². The Morgan fingerprint density at radius 3 is 1.82 bits per heavy atom. The molecule has 0 bridgehead atoms. The number of benzene rings is 3. The van der Waals surface area contributed by atoms with Crippen molar-refractivity contribution in [1.82, 2.24) is 19.5 Å². The van der Waals surface area contributed by atoms with Crippen LogP contribution in [0.2, 0.25) is 0 Å². The molecule has 3 heterocycles. The summed E-state index contributed by atoms with van der Waals surface area (Å²) in [6.45, 7) is -0.403. The molecule has 3 aromatic carbocycles. The number of aromatic nitrogens is 4. The van der Waals surface area contributed by atoms with E-state index >= 15 is 0 Å². The first-order valence-corrected chi connectivity index (χ1v) is 13.5. The van der Waals surface area contributed by atoms with Crippen molar-refractivity contribution in [3.05, 3.63) is 135 Å². The SMILES string of the molecule is O=C(OC[C@@H]1O[C@@H](n2cnc3c(=O)[nH]c(=O)[nH]c32)[C@@H](OC(=O)c2ccccc2)[C@H]1OC(=O)c1ccccc1)c1ccccc1. The second-order valence-electron chi connectivity index (χ2n) is 9.76. The van der Waals surface area contributed by atoms with Crippen LogP contribution in [-0.4, -0.2) is 62.3 Å². The molecule has 222 valence electrons. The topological polar surface area (TPSA) is 172 Å². The van der Waals surface area contributed by atoms with Gasteiger partial charge in [0.2, 0.25) is 0 Å². The van der Waals surface area contributed by atoms with Crippen LogP contribution in [0, 0.1) is 0 Å². The number of nitrogens with zero attached hydrogens (tertiary/aromatic N) is 2. The lowest BCUT2D eigenvalue weighted by Crippen LogP contribution is -2.41. The van der Waals surface area contributed by atoms with Crippen LogP contribution in [0.4, 0.5) is 0 Å². The molecule has 2 N–H and O–H groups in total. The quantitative estimate of drug-likeness (QED) is 0.200. The molecule has 0 spiro atoms. The number of ether oxygens (including phenoxy) is 4. The van der Waals surface area contributed by atoms with Crippen molar-refractivity contribution in [2.75, 3.05) is 6.61 Å². The number of carbonyl (C=O) groups is 3. The largest absolute Gasteiger partial charge is 0.459 e. The van der Waals surface area contributed by atoms with Crippen molar-refractivity contribution in [2.24, 2.45) is 0 Å². The fraction of sp³-hybridized carbons (Fsp3) is 0.161. The van der Waals surface area contributed by atoms with Gasteiger partial charge in [-0.15, -0.1) is 0 Å². The highest BCUT2D eigenvalue weighted by Gasteiger charge is 2.51. The first kappa shape index (κ1) is 28.3. The fourth-order valence-electron chi connectivity index (χ4n) is 4.83. The zero-order valence-corrected chi connectivity index (χ0v) is 22.8. The van der Waals surface area contributed by atoms with Crippen molar-refractivity contribution in [1.29, 1.82) is 0 Å². The summed E-state index contributed by atoms with van der Waals surface area (Å²) in [4.78, 5) is 72.6. The number of rotatable bonds is 8. The molecule has 1 saturated heterocycles. The van der Waals surface area contributed by atoms with Gasteiger partial charge in [-0.05, 0) is 36.4 Å². The van der Waals surface area contributed by atoms with Gasteiger partial charge in [-0.2, -0.15) is 0 Å². The average Bonchev–Trinajstić information content (AvgIpc) is 3.62. The maximum atomic E-state index is 13.3. The van der Waals surface area contributed by atoms with Gasteiger partial charge < -0.3 is 18.9 Å². The molecular formula is C31H24N4O9. The molecule has 0 amide bonds. The minimum absolute atomic E-state index is 0.0282. The molecule has 5 aromatic rings. The first-order valence-electron chi connectivity index (χ1n) is 13.5. The molecule has 1 aliphatic heterocycles. The number of aromatic amines is 2. The fourth-order valence-corrected chi connectivity index (χ4v) is 4.83. The van der Waals surface area contributed by atoms with E-state index < -0.39 is 60.3 Å². The number of nitrogens with one attached hydrogen (secondary N) is 2. The second-order valence-corrected chi connectivity index (χ2v) is 9.76. The summed E-state index contributed by atoms with van der Waals surface area (Å²) in [6, 6.07) is 24.5. The van der Waals surface area contributed by atoms with Crippen LogP contribution in [0.25, 0.3) is 11.2 Å². The summed E-state index contributed by atoms with van der Waals surface area (Å²) in [6.07, 6.45) is -3.87. The van der Waals surface area contributed by atoms with Crippen LogP contribution in [0.3, 0.4) is 0 Å². The van der Waals surface area contributed by atoms with E-state index in [4.69, 9.17) is 18.9 Å². The van der Waals surface area contributed by atoms with Gasteiger partial charge in [0.1, 0.15) is 18.4 Å². The zero-order chi connectivity index (χ0) is 30.6. The smallest absolute Gasteiger partial charge is 0.338 e. The van der Waals surface area contributed by atoms with E-state index in [1.165, 1.54) is 10.9 Å². The lowest BCUT2D eigenvalue weighted by molar-refractivity contribution is -0.0606. The van der Waals surface area contributed by atoms with Gasteiger partial charge in [0.25, 0.3) is 5.56 Å². The Morgan fingerprint density at radius 1 is 0.727 bits per heavy atom. The monoisotopic (exact) mass is 596 g/mol. The molecule has 0 unspecified atom stereocenters. The third-order valence-corrected chi connectivity index (χ3v) is 6.92. The first-order chi connectivity index (χ1) is 21.4. The predicted molar refractivity (Wildman–Crippen MR) is 153 cm³/mol. The molecule has 44 heavy (non-hydrogen) atoms. The number of imidazole rings is 1. The van der Waals surface area contributed by atoms with Crippen LogP contribution in [0.15, 0.2) is 107 Å². The molecule has 6 rings (SSSR count). The van der Waals surface area contributed by atoms with Gasteiger partial charge in [-0.1, -0.05) is 54.6 Å². The van der Waals surface area contributed by atoms with E-state index in [9.17, 15) is 24.0 Å². The second kappa shape index (κ2) is 12.2. The summed E-state index contributed by atoms with van der Waals surface area (Å²) in [5.74, 6) is -2.17. The Morgan fingerprint density at radius 2 is 1.25 bits per heavy atom. The average molecular weight is 597 g/mol. The van der Waals surface area contributed by atoms with Gasteiger partial charge in [-0.3, -0.25) is 19.3 Å². The normalized spacial score (nSPS) is 19.4. The number of fused-ring (bicyclic) bond motifs is 1. The van der Waals surface area contributed by atoms with Crippen LogP contribution in [0.5, 0.6) is 0 Å². The third-order valence-electron chi connectivity index (χ3n) is 6.92. The lowest BCUT2D eigenvalue weighted by Gasteiger charge is -2.25. The molecule has 0 aliphatic carbocycles. The van der Waals surface area contributed by atoms with Crippen molar-refractivity contribution >= 4 is 29.1 Å². The summed E-state index contributed by atoms with van der Waals surface area (Å²) < 4.78 is 24.8. The molecular weight excluding hydrogens is 572 g/mol. The van der Waals surface area contributed by atoms with Crippen LogP contribution >= 0.6 is 0 Å². The summed E-state index contributed by atoms with van der Waals surface area (Å²) >= 11 is 0. The Hall–Kier alpha value is -5.82. The maximum Gasteiger partial charge on any atom is 0.338 e.